The van der Waals surface area contributed by atoms with Gasteiger partial charge in [-0.1, -0.05) is 37.3 Å². The van der Waals surface area contributed by atoms with E-state index in [-0.39, 0.29) is 6.61 Å². The molecule has 0 heterocycles. The summed E-state index contributed by atoms with van der Waals surface area (Å²) in [5.74, 6) is -5.01. The number of aliphatic carboxylic acids is 1. The molecule has 0 aliphatic carbocycles. The van der Waals surface area contributed by atoms with E-state index in [1.54, 1.807) is 30.3 Å². The van der Waals surface area contributed by atoms with Crippen LogP contribution in [-0.2, 0) is 16.1 Å². The number of rotatable bonds is 6. The molecular weight excluding hydrogens is 230 g/mol. The Bertz CT molecular complexity index is 365. The van der Waals surface area contributed by atoms with Gasteiger partial charge in [-0.05, 0) is 5.56 Å². The SMILES string of the molecule is CCC(F)(F)C(OCc1ccccc1)C(=O)O. The van der Waals surface area contributed by atoms with Crippen LogP contribution in [0.4, 0.5) is 8.78 Å². The minimum Gasteiger partial charge on any atom is -0.479 e. The summed E-state index contributed by atoms with van der Waals surface area (Å²) in [6.45, 7) is 1.08. The van der Waals surface area contributed by atoms with Crippen molar-refractivity contribution in [3.63, 3.8) is 0 Å². The minimum atomic E-state index is -3.36. The number of benzene rings is 1. The Kier molecular flexibility index (Phi) is 4.57. The van der Waals surface area contributed by atoms with Gasteiger partial charge in [0.15, 0.2) is 0 Å². The number of hydrogen-bond donors (Lipinski definition) is 1. The Morgan fingerprint density at radius 3 is 2.47 bits per heavy atom. The Hall–Kier alpha value is -1.49. The lowest BCUT2D eigenvalue weighted by atomic mass is 10.1. The van der Waals surface area contributed by atoms with Crippen molar-refractivity contribution < 1.29 is 23.4 Å². The van der Waals surface area contributed by atoms with Crippen LogP contribution in [0.1, 0.15) is 18.9 Å². The van der Waals surface area contributed by atoms with Crippen molar-refractivity contribution in [2.24, 2.45) is 0 Å². The van der Waals surface area contributed by atoms with E-state index in [9.17, 15) is 13.6 Å². The highest BCUT2D eigenvalue weighted by Crippen LogP contribution is 2.26. The van der Waals surface area contributed by atoms with Crippen molar-refractivity contribution in [1.29, 1.82) is 0 Å². The summed E-state index contributed by atoms with van der Waals surface area (Å²) in [6, 6.07) is 8.60. The number of carbonyl (C=O) groups is 1. The normalized spacial score (nSPS) is 13.4. The second-order valence-electron chi connectivity index (χ2n) is 3.63. The van der Waals surface area contributed by atoms with E-state index in [1.807, 2.05) is 0 Å². The first-order valence-electron chi connectivity index (χ1n) is 5.23. The van der Waals surface area contributed by atoms with Gasteiger partial charge in [-0.3, -0.25) is 0 Å². The molecule has 3 nitrogen and oxygen atoms in total. The van der Waals surface area contributed by atoms with Crippen molar-refractivity contribution >= 4 is 5.97 Å². The van der Waals surface area contributed by atoms with Crippen LogP contribution in [0.25, 0.3) is 0 Å². The zero-order valence-corrected chi connectivity index (χ0v) is 9.40. The van der Waals surface area contributed by atoms with Gasteiger partial charge in [-0.2, -0.15) is 0 Å². The van der Waals surface area contributed by atoms with Crippen LogP contribution in [-0.4, -0.2) is 23.1 Å². The average Bonchev–Trinajstić information content (AvgIpc) is 2.30. The van der Waals surface area contributed by atoms with E-state index < -0.39 is 24.4 Å². The molecule has 0 spiro atoms. The van der Waals surface area contributed by atoms with Crippen molar-refractivity contribution in [3.05, 3.63) is 35.9 Å². The molecule has 0 fully saturated rings. The number of alkyl halides is 2. The number of ether oxygens (including phenoxy) is 1. The van der Waals surface area contributed by atoms with Gasteiger partial charge in [0.25, 0.3) is 5.92 Å². The zero-order valence-electron chi connectivity index (χ0n) is 9.40. The van der Waals surface area contributed by atoms with Crippen molar-refractivity contribution in [1.82, 2.24) is 0 Å². The highest BCUT2D eigenvalue weighted by molar-refractivity contribution is 5.73. The van der Waals surface area contributed by atoms with Gasteiger partial charge in [-0.25, -0.2) is 13.6 Å². The van der Waals surface area contributed by atoms with E-state index in [1.165, 1.54) is 6.92 Å². The maximum absolute atomic E-state index is 13.3. The monoisotopic (exact) mass is 244 g/mol. The van der Waals surface area contributed by atoms with Crippen LogP contribution >= 0.6 is 0 Å². The second kappa shape index (κ2) is 5.72. The molecule has 5 heteroatoms. The first-order valence-corrected chi connectivity index (χ1v) is 5.23. The third-order valence-electron chi connectivity index (χ3n) is 2.34. The summed E-state index contributed by atoms with van der Waals surface area (Å²) in [6.07, 6.45) is -2.67. The first kappa shape index (κ1) is 13.6. The summed E-state index contributed by atoms with van der Waals surface area (Å²) < 4.78 is 31.3. The van der Waals surface area contributed by atoms with Crippen molar-refractivity contribution in [2.45, 2.75) is 32.0 Å². The van der Waals surface area contributed by atoms with E-state index in [4.69, 9.17) is 9.84 Å². The second-order valence-corrected chi connectivity index (χ2v) is 3.63. The number of halogens is 2. The fraction of sp³-hybridized carbons (Fsp3) is 0.417. The fourth-order valence-corrected chi connectivity index (χ4v) is 1.31. The van der Waals surface area contributed by atoms with Crippen molar-refractivity contribution in [3.8, 4) is 0 Å². The van der Waals surface area contributed by atoms with Crippen molar-refractivity contribution in [2.75, 3.05) is 0 Å². The van der Waals surface area contributed by atoms with Gasteiger partial charge in [0, 0.05) is 6.42 Å². The van der Waals surface area contributed by atoms with Gasteiger partial charge >= 0.3 is 5.97 Å². The summed E-state index contributed by atoms with van der Waals surface area (Å²) in [7, 11) is 0. The third kappa shape index (κ3) is 3.78. The molecule has 1 unspecified atom stereocenters. The third-order valence-corrected chi connectivity index (χ3v) is 2.34. The highest BCUT2D eigenvalue weighted by atomic mass is 19.3. The van der Waals surface area contributed by atoms with Crippen LogP contribution < -0.4 is 0 Å². The summed E-state index contributed by atoms with van der Waals surface area (Å²) in [5, 5.41) is 8.71. The quantitative estimate of drug-likeness (QED) is 0.836. The molecule has 0 saturated carbocycles. The largest absolute Gasteiger partial charge is 0.479 e. The molecule has 0 amide bonds. The number of carboxylic acid groups (broad SMARTS) is 1. The lowest BCUT2D eigenvalue weighted by Gasteiger charge is -2.22. The van der Waals surface area contributed by atoms with Crippen LogP contribution in [0.5, 0.6) is 0 Å². The van der Waals surface area contributed by atoms with Crippen LogP contribution in [0.15, 0.2) is 30.3 Å². The first-order chi connectivity index (χ1) is 7.97. The molecule has 1 aromatic rings. The van der Waals surface area contributed by atoms with Gasteiger partial charge in [0.2, 0.25) is 6.10 Å². The van der Waals surface area contributed by atoms with Gasteiger partial charge < -0.3 is 9.84 Å². The molecule has 0 radical (unpaired) electrons. The molecule has 0 aromatic heterocycles. The summed E-state index contributed by atoms with van der Waals surface area (Å²) >= 11 is 0. The highest BCUT2D eigenvalue weighted by Gasteiger charge is 2.44. The molecule has 0 saturated heterocycles. The summed E-state index contributed by atoms with van der Waals surface area (Å²) in [4.78, 5) is 10.7. The fourth-order valence-electron chi connectivity index (χ4n) is 1.31. The number of carboxylic acids is 1. The van der Waals surface area contributed by atoms with Gasteiger partial charge in [0.1, 0.15) is 0 Å². The van der Waals surface area contributed by atoms with E-state index in [2.05, 4.69) is 0 Å². The van der Waals surface area contributed by atoms with E-state index >= 15 is 0 Å². The molecule has 0 aliphatic heterocycles. The minimum absolute atomic E-state index is 0.145. The lowest BCUT2D eigenvalue weighted by Crippen LogP contribution is -2.41. The standard InChI is InChI=1S/C12H14F2O3/c1-2-12(13,14)10(11(15)16)17-8-9-6-4-3-5-7-9/h3-7,10H,2,8H2,1H3,(H,15,16). The molecule has 1 N–H and O–H groups in total. The van der Waals surface area contributed by atoms with E-state index in [0.29, 0.717) is 5.56 Å². The topological polar surface area (TPSA) is 46.5 Å². The summed E-state index contributed by atoms with van der Waals surface area (Å²) in [5.41, 5.74) is 0.658. The molecule has 1 aromatic carbocycles. The van der Waals surface area contributed by atoms with Crippen LogP contribution in [0.3, 0.4) is 0 Å². The predicted octanol–water partition coefficient (Wildman–Crippen LogP) is 2.70. The average molecular weight is 244 g/mol. The predicted molar refractivity (Wildman–Crippen MR) is 57.9 cm³/mol. The van der Waals surface area contributed by atoms with Gasteiger partial charge in [0.05, 0.1) is 6.61 Å². The Morgan fingerprint density at radius 1 is 1.41 bits per heavy atom. The molecule has 0 bridgehead atoms. The smallest absolute Gasteiger partial charge is 0.339 e. The molecule has 94 valence electrons. The van der Waals surface area contributed by atoms with E-state index in [0.717, 1.165) is 0 Å². The molecule has 1 rings (SSSR count). The molecule has 17 heavy (non-hydrogen) atoms. The zero-order chi connectivity index (χ0) is 12.9. The molecular formula is C12H14F2O3. The maximum Gasteiger partial charge on any atom is 0.339 e. The van der Waals surface area contributed by atoms with Crippen LogP contribution in [0.2, 0.25) is 0 Å². The van der Waals surface area contributed by atoms with Gasteiger partial charge in [-0.15, -0.1) is 0 Å². The Morgan fingerprint density at radius 2 is 2.00 bits per heavy atom. The van der Waals surface area contributed by atoms with Crippen LogP contribution in [0, 0.1) is 0 Å². The Balaban J connectivity index is 2.66. The maximum atomic E-state index is 13.3. The molecule has 1 atom stereocenters. The molecule has 0 aliphatic rings. The lowest BCUT2D eigenvalue weighted by molar-refractivity contribution is -0.184. The Labute approximate surface area is 98.0 Å². The number of hydrogen-bond acceptors (Lipinski definition) is 2.